The Labute approximate surface area is 156 Å². The normalized spacial score (nSPS) is 15.0. The minimum absolute atomic E-state index is 0.105. The van der Waals surface area contributed by atoms with E-state index in [1.165, 1.54) is 13.2 Å². The van der Waals surface area contributed by atoms with Crippen LogP contribution in [0.1, 0.15) is 25.3 Å². The first-order valence-corrected chi connectivity index (χ1v) is 9.07. The summed E-state index contributed by atoms with van der Waals surface area (Å²) in [6.07, 6.45) is 1.92. The first-order chi connectivity index (χ1) is 13.0. The standard InChI is InChI=1S/C20H23NO6/c1-3-13-10-19(23)27-17-11-15(4-5-16(13)17)26-12-18(22)21-8-6-14(7-9-21)20(24)25-2/h4-5,10-11,14H,3,6-9,12H2,1-2H3. The highest BCUT2D eigenvalue weighted by Crippen LogP contribution is 2.23. The number of amides is 1. The van der Waals surface area contributed by atoms with Gasteiger partial charge in [0.25, 0.3) is 5.91 Å². The van der Waals surface area contributed by atoms with E-state index in [1.54, 1.807) is 17.0 Å². The largest absolute Gasteiger partial charge is 0.484 e. The lowest BCUT2D eigenvalue weighted by molar-refractivity contribution is -0.149. The zero-order valence-corrected chi connectivity index (χ0v) is 15.5. The van der Waals surface area contributed by atoms with Gasteiger partial charge in [0.2, 0.25) is 0 Å². The molecule has 1 aromatic carbocycles. The van der Waals surface area contributed by atoms with Gasteiger partial charge in [0.15, 0.2) is 6.61 Å². The van der Waals surface area contributed by atoms with Gasteiger partial charge in [-0.15, -0.1) is 0 Å². The van der Waals surface area contributed by atoms with Gasteiger partial charge in [-0.25, -0.2) is 4.79 Å². The second-order valence-electron chi connectivity index (χ2n) is 6.57. The molecule has 27 heavy (non-hydrogen) atoms. The molecule has 1 aromatic heterocycles. The maximum atomic E-state index is 12.3. The van der Waals surface area contributed by atoms with E-state index >= 15 is 0 Å². The minimum atomic E-state index is -0.402. The molecule has 0 saturated carbocycles. The van der Waals surface area contributed by atoms with E-state index in [-0.39, 0.29) is 24.4 Å². The van der Waals surface area contributed by atoms with Crippen molar-refractivity contribution in [3.63, 3.8) is 0 Å². The van der Waals surface area contributed by atoms with E-state index in [9.17, 15) is 14.4 Å². The van der Waals surface area contributed by atoms with E-state index in [0.717, 1.165) is 17.4 Å². The molecule has 2 heterocycles. The quantitative estimate of drug-likeness (QED) is 0.590. The number of nitrogens with zero attached hydrogens (tertiary/aromatic N) is 1. The summed E-state index contributed by atoms with van der Waals surface area (Å²) in [4.78, 5) is 37.2. The Bertz CT molecular complexity index is 895. The maximum Gasteiger partial charge on any atom is 0.336 e. The molecule has 144 valence electrons. The number of piperidine rings is 1. The highest BCUT2D eigenvalue weighted by molar-refractivity contribution is 5.82. The van der Waals surface area contributed by atoms with E-state index in [2.05, 4.69) is 0 Å². The highest BCUT2D eigenvalue weighted by Gasteiger charge is 2.27. The monoisotopic (exact) mass is 373 g/mol. The van der Waals surface area contributed by atoms with Crippen molar-refractivity contribution < 1.29 is 23.5 Å². The Morgan fingerprint density at radius 1 is 1.22 bits per heavy atom. The Morgan fingerprint density at radius 3 is 2.63 bits per heavy atom. The average molecular weight is 373 g/mol. The zero-order chi connectivity index (χ0) is 19.4. The third-order valence-electron chi connectivity index (χ3n) is 4.93. The summed E-state index contributed by atoms with van der Waals surface area (Å²) in [6.45, 7) is 2.88. The maximum absolute atomic E-state index is 12.3. The van der Waals surface area contributed by atoms with Crippen molar-refractivity contribution >= 4 is 22.8 Å². The van der Waals surface area contributed by atoms with Crippen LogP contribution in [0.3, 0.4) is 0 Å². The summed E-state index contributed by atoms with van der Waals surface area (Å²) in [7, 11) is 1.38. The molecule has 0 unspecified atom stereocenters. The molecule has 1 amide bonds. The number of esters is 1. The smallest absolute Gasteiger partial charge is 0.336 e. The first-order valence-electron chi connectivity index (χ1n) is 9.07. The number of ether oxygens (including phenoxy) is 2. The van der Waals surface area contributed by atoms with Crippen LogP contribution in [-0.4, -0.2) is 43.6 Å². The summed E-state index contributed by atoms with van der Waals surface area (Å²) < 4.78 is 15.6. The van der Waals surface area contributed by atoms with Gasteiger partial charge in [-0.3, -0.25) is 9.59 Å². The van der Waals surface area contributed by atoms with Crippen LogP contribution in [0.2, 0.25) is 0 Å². The van der Waals surface area contributed by atoms with Crippen LogP contribution >= 0.6 is 0 Å². The number of methoxy groups -OCH3 is 1. The van der Waals surface area contributed by atoms with E-state index < -0.39 is 5.63 Å². The molecule has 0 atom stereocenters. The number of rotatable bonds is 5. The molecule has 0 radical (unpaired) electrons. The van der Waals surface area contributed by atoms with Crippen LogP contribution in [0.5, 0.6) is 5.75 Å². The number of fused-ring (bicyclic) bond motifs is 1. The van der Waals surface area contributed by atoms with Crippen LogP contribution in [0.25, 0.3) is 11.0 Å². The summed E-state index contributed by atoms with van der Waals surface area (Å²) >= 11 is 0. The first kappa shape index (κ1) is 18.9. The van der Waals surface area contributed by atoms with Crippen molar-refractivity contribution in [2.24, 2.45) is 5.92 Å². The van der Waals surface area contributed by atoms with Crippen LogP contribution in [0.4, 0.5) is 0 Å². The lowest BCUT2D eigenvalue weighted by Crippen LogP contribution is -2.42. The summed E-state index contributed by atoms with van der Waals surface area (Å²) in [5.41, 5.74) is 0.960. The molecule has 0 spiro atoms. The molecule has 2 aromatic rings. The molecule has 1 fully saturated rings. The van der Waals surface area contributed by atoms with Crippen molar-refractivity contribution in [1.29, 1.82) is 0 Å². The topological polar surface area (TPSA) is 86.0 Å². The summed E-state index contributed by atoms with van der Waals surface area (Å²) in [6, 6.07) is 6.72. The molecular weight excluding hydrogens is 350 g/mol. The van der Waals surface area contributed by atoms with Crippen molar-refractivity contribution in [3.05, 3.63) is 40.2 Å². The number of hydrogen-bond acceptors (Lipinski definition) is 6. The second-order valence-corrected chi connectivity index (χ2v) is 6.57. The van der Waals surface area contributed by atoms with Gasteiger partial charge in [0.1, 0.15) is 11.3 Å². The number of likely N-dealkylation sites (tertiary alicyclic amines) is 1. The van der Waals surface area contributed by atoms with Crippen LogP contribution in [-0.2, 0) is 20.7 Å². The molecule has 1 saturated heterocycles. The third-order valence-corrected chi connectivity index (χ3v) is 4.93. The SMILES string of the molecule is CCc1cc(=O)oc2cc(OCC(=O)N3CCC(C(=O)OC)CC3)ccc12. The fourth-order valence-electron chi connectivity index (χ4n) is 3.36. The number of carbonyl (C=O) groups excluding carboxylic acids is 2. The van der Waals surface area contributed by atoms with Crippen molar-refractivity contribution in [2.75, 3.05) is 26.8 Å². The van der Waals surface area contributed by atoms with Crippen LogP contribution in [0.15, 0.2) is 33.5 Å². The van der Waals surface area contributed by atoms with Gasteiger partial charge < -0.3 is 18.8 Å². The average Bonchev–Trinajstić information content (AvgIpc) is 2.70. The third kappa shape index (κ3) is 4.30. The highest BCUT2D eigenvalue weighted by atomic mass is 16.5. The lowest BCUT2D eigenvalue weighted by Gasteiger charge is -2.30. The minimum Gasteiger partial charge on any atom is -0.484 e. The summed E-state index contributed by atoms with van der Waals surface area (Å²) in [5, 5.41) is 0.862. The number of benzene rings is 1. The molecule has 3 rings (SSSR count). The second kappa shape index (κ2) is 8.24. The Balaban J connectivity index is 1.61. The van der Waals surface area contributed by atoms with Crippen LogP contribution < -0.4 is 10.4 Å². The fraction of sp³-hybridized carbons (Fsp3) is 0.450. The van der Waals surface area contributed by atoms with Crippen molar-refractivity contribution in [3.8, 4) is 5.75 Å². The zero-order valence-electron chi connectivity index (χ0n) is 15.5. The van der Waals surface area contributed by atoms with E-state index in [4.69, 9.17) is 13.9 Å². The van der Waals surface area contributed by atoms with Gasteiger partial charge in [-0.2, -0.15) is 0 Å². The predicted molar refractivity (Wildman–Crippen MR) is 98.7 cm³/mol. The molecule has 1 aliphatic heterocycles. The van der Waals surface area contributed by atoms with Crippen LogP contribution in [0, 0.1) is 5.92 Å². The molecule has 0 bridgehead atoms. The molecule has 1 aliphatic rings. The molecule has 0 N–H and O–H groups in total. The molecular formula is C20H23NO6. The Morgan fingerprint density at radius 2 is 1.96 bits per heavy atom. The molecule has 0 aliphatic carbocycles. The number of hydrogen-bond donors (Lipinski definition) is 0. The predicted octanol–water partition coefficient (Wildman–Crippen LogP) is 2.15. The van der Waals surface area contributed by atoms with Crippen molar-refractivity contribution in [1.82, 2.24) is 4.90 Å². The van der Waals surface area contributed by atoms with Gasteiger partial charge in [0, 0.05) is 30.6 Å². The van der Waals surface area contributed by atoms with Crippen molar-refractivity contribution in [2.45, 2.75) is 26.2 Å². The molecule has 7 nitrogen and oxygen atoms in total. The summed E-state index contributed by atoms with van der Waals surface area (Å²) in [5.74, 6) is -0.0301. The lowest BCUT2D eigenvalue weighted by atomic mass is 9.97. The van der Waals surface area contributed by atoms with Gasteiger partial charge in [-0.05, 0) is 37.0 Å². The van der Waals surface area contributed by atoms with Gasteiger partial charge >= 0.3 is 11.6 Å². The Kier molecular flexibility index (Phi) is 5.78. The Hall–Kier alpha value is -2.83. The fourth-order valence-corrected chi connectivity index (χ4v) is 3.36. The van der Waals surface area contributed by atoms with E-state index in [1.807, 2.05) is 13.0 Å². The van der Waals surface area contributed by atoms with Gasteiger partial charge in [-0.1, -0.05) is 6.92 Å². The van der Waals surface area contributed by atoms with E-state index in [0.29, 0.717) is 37.3 Å². The molecule has 7 heteroatoms. The number of carbonyl (C=O) groups is 2. The number of aryl methyl sites for hydroxylation is 1. The van der Waals surface area contributed by atoms with Gasteiger partial charge in [0.05, 0.1) is 13.0 Å².